The first-order valence-corrected chi connectivity index (χ1v) is 11.8. The number of benzene rings is 3. The van der Waals surface area contributed by atoms with E-state index in [1.54, 1.807) is 0 Å². The zero-order chi connectivity index (χ0) is 23.8. The number of anilines is 1. The molecule has 176 valence electrons. The summed E-state index contributed by atoms with van der Waals surface area (Å²) < 4.78 is 6.12. The summed E-state index contributed by atoms with van der Waals surface area (Å²) in [7, 11) is 0. The lowest BCUT2D eigenvalue weighted by Gasteiger charge is -2.28. The SMILES string of the molecule is Cc1cccc(CNC(=O)CN(CC(=O)N2CCCC2)c2ccccc2Oc2ccccc2)c1. The Bertz CT molecular complexity index is 1110. The maximum absolute atomic E-state index is 13.0. The van der Waals surface area contributed by atoms with Gasteiger partial charge in [-0.1, -0.05) is 60.2 Å². The third-order valence-corrected chi connectivity index (χ3v) is 5.87. The first-order valence-electron chi connectivity index (χ1n) is 11.8. The van der Waals surface area contributed by atoms with Gasteiger partial charge in [-0.15, -0.1) is 0 Å². The average molecular weight is 458 g/mol. The van der Waals surface area contributed by atoms with E-state index in [9.17, 15) is 9.59 Å². The molecule has 6 nitrogen and oxygen atoms in total. The molecule has 0 spiro atoms. The zero-order valence-corrected chi connectivity index (χ0v) is 19.6. The molecule has 0 atom stereocenters. The minimum Gasteiger partial charge on any atom is -0.455 e. The van der Waals surface area contributed by atoms with Crippen molar-refractivity contribution < 1.29 is 14.3 Å². The van der Waals surface area contributed by atoms with Crippen molar-refractivity contribution in [3.8, 4) is 11.5 Å². The lowest BCUT2D eigenvalue weighted by atomic mass is 10.1. The maximum atomic E-state index is 13.0. The number of aryl methyl sites for hydroxylation is 1. The number of hydrogen-bond acceptors (Lipinski definition) is 4. The molecule has 2 amide bonds. The van der Waals surface area contributed by atoms with E-state index in [0.717, 1.165) is 37.1 Å². The lowest BCUT2D eigenvalue weighted by molar-refractivity contribution is -0.128. The van der Waals surface area contributed by atoms with Gasteiger partial charge in [0.1, 0.15) is 5.75 Å². The van der Waals surface area contributed by atoms with E-state index in [1.165, 1.54) is 0 Å². The molecule has 1 N–H and O–H groups in total. The summed E-state index contributed by atoms with van der Waals surface area (Å²) in [4.78, 5) is 29.6. The van der Waals surface area contributed by atoms with E-state index in [0.29, 0.717) is 23.7 Å². The highest BCUT2D eigenvalue weighted by Crippen LogP contribution is 2.32. The normalized spacial score (nSPS) is 12.9. The number of carbonyl (C=O) groups is 2. The molecule has 0 aliphatic carbocycles. The largest absolute Gasteiger partial charge is 0.455 e. The summed E-state index contributed by atoms with van der Waals surface area (Å²) in [6.07, 6.45) is 2.05. The predicted octanol–water partition coefficient (Wildman–Crippen LogP) is 4.53. The van der Waals surface area contributed by atoms with Crippen molar-refractivity contribution in [3.05, 3.63) is 90.0 Å². The molecule has 4 rings (SSSR count). The fourth-order valence-corrected chi connectivity index (χ4v) is 4.13. The number of carbonyl (C=O) groups excluding carboxylic acids is 2. The van der Waals surface area contributed by atoms with Gasteiger partial charge < -0.3 is 19.9 Å². The average Bonchev–Trinajstić information content (AvgIpc) is 3.39. The number of para-hydroxylation sites is 3. The van der Waals surface area contributed by atoms with Crippen LogP contribution in [0.2, 0.25) is 0 Å². The van der Waals surface area contributed by atoms with E-state index < -0.39 is 0 Å². The summed E-state index contributed by atoms with van der Waals surface area (Å²) in [5.74, 6) is 1.18. The first kappa shape index (κ1) is 23.4. The molecule has 0 unspecified atom stereocenters. The number of likely N-dealkylation sites (tertiary alicyclic amines) is 1. The highest BCUT2D eigenvalue weighted by molar-refractivity contribution is 5.87. The van der Waals surface area contributed by atoms with E-state index in [1.807, 2.05) is 89.5 Å². The molecule has 1 fully saturated rings. The third kappa shape index (κ3) is 6.38. The second-order valence-electron chi connectivity index (χ2n) is 8.59. The molecule has 1 aliphatic heterocycles. The van der Waals surface area contributed by atoms with Crippen LogP contribution in [0.5, 0.6) is 11.5 Å². The standard InChI is InChI=1S/C28H31N3O3/c1-22-10-9-11-23(18-22)19-29-27(32)20-31(21-28(33)30-16-7-8-17-30)25-14-5-6-15-26(25)34-24-12-3-2-4-13-24/h2-6,9-15,18H,7-8,16-17,19-21H2,1H3,(H,29,32). The summed E-state index contributed by atoms with van der Waals surface area (Å²) in [6, 6.07) is 25.1. The number of hydrogen-bond donors (Lipinski definition) is 1. The van der Waals surface area contributed by atoms with Crippen LogP contribution in [0.25, 0.3) is 0 Å². The molecule has 0 saturated carbocycles. The Kier molecular flexibility index (Phi) is 7.81. The van der Waals surface area contributed by atoms with Crippen LogP contribution in [0.4, 0.5) is 5.69 Å². The molecule has 6 heteroatoms. The van der Waals surface area contributed by atoms with Crippen LogP contribution in [0.1, 0.15) is 24.0 Å². The number of rotatable bonds is 9. The summed E-state index contributed by atoms with van der Waals surface area (Å²) in [6.45, 7) is 4.19. The van der Waals surface area contributed by atoms with Gasteiger partial charge >= 0.3 is 0 Å². The van der Waals surface area contributed by atoms with Gasteiger partial charge in [-0.25, -0.2) is 0 Å². The topological polar surface area (TPSA) is 61.9 Å². The Morgan fingerprint density at radius 3 is 2.41 bits per heavy atom. The Morgan fingerprint density at radius 1 is 0.912 bits per heavy atom. The van der Waals surface area contributed by atoms with Crippen molar-refractivity contribution in [1.29, 1.82) is 0 Å². The van der Waals surface area contributed by atoms with Crippen molar-refractivity contribution in [2.45, 2.75) is 26.3 Å². The zero-order valence-electron chi connectivity index (χ0n) is 19.6. The Morgan fingerprint density at radius 2 is 1.65 bits per heavy atom. The van der Waals surface area contributed by atoms with Crippen molar-refractivity contribution >= 4 is 17.5 Å². The van der Waals surface area contributed by atoms with Crippen molar-refractivity contribution in [3.63, 3.8) is 0 Å². The molecule has 0 bridgehead atoms. The van der Waals surface area contributed by atoms with Crippen molar-refractivity contribution in [2.75, 3.05) is 31.1 Å². The smallest absolute Gasteiger partial charge is 0.242 e. The third-order valence-electron chi connectivity index (χ3n) is 5.87. The molecule has 1 aliphatic rings. The molecule has 1 heterocycles. The second-order valence-corrected chi connectivity index (χ2v) is 8.59. The Balaban J connectivity index is 1.52. The van der Waals surface area contributed by atoms with Gasteiger partial charge in [-0.2, -0.15) is 0 Å². The van der Waals surface area contributed by atoms with Gasteiger partial charge in [-0.05, 0) is 49.6 Å². The van der Waals surface area contributed by atoms with E-state index in [-0.39, 0.29) is 24.9 Å². The van der Waals surface area contributed by atoms with E-state index in [4.69, 9.17) is 4.74 Å². The molecule has 0 radical (unpaired) electrons. The molecular weight excluding hydrogens is 426 g/mol. The lowest BCUT2D eigenvalue weighted by Crippen LogP contribution is -2.43. The van der Waals surface area contributed by atoms with Gasteiger partial charge in [0.25, 0.3) is 0 Å². The van der Waals surface area contributed by atoms with Gasteiger partial charge in [0.05, 0.1) is 18.8 Å². The predicted molar refractivity (Wildman–Crippen MR) is 134 cm³/mol. The molecular formula is C28H31N3O3. The van der Waals surface area contributed by atoms with Crippen molar-refractivity contribution in [2.24, 2.45) is 0 Å². The van der Waals surface area contributed by atoms with E-state index >= 15 is 0 Å². The van der Waals surface area contributed by atoms with Crippen LogP contribution < -0.4 is 15.0 Å². The minimum atomic E-state index is -0.148. The quantitative estimate of drug-likeness (QED) is 0.513. The van der Waals surface area contributed by atoms with Crippen LogP contribution in [0, 0.1) is 6.92 Å². The van der Waals surface area contributed by atoms with Gasteiger partial charge in [0, 0.05) is 19.6 Å². The van der Waals surface area contributed by atoms with Crippen LogP contribution >= 0.6 is 0 Å². The molecule has 0 aromatic heterocycles. The van der Waals surface area contributed by atoms with Crippen LogP contribution in [-0.4, -0.2) is 42.9 Å². The highest BCUT2D eigenvalue weighted by Gasteiger charge is 2.24. The fraction of sp³-hybridized carbons (Fsp3) is 0.286. The number of amides is 2. The van der Waals surface area contributed by atoms with Crippen LogP contribution in [-0.2, 0) is 16.1 Å². The minimum absolute atomic E-state index is 0.0264. The number of ether oxygens (including phenoxy) is 1. The highest BCUT2D eigenvalue weighted by atomic mass is 16.5. The summed E-state index contributed by atoms with van der Waals surface area (Å²) in [5, 5.41) is 2.99. The van der Waals surface area contributed by atoms with Crippen LogP contribution in [0.3, 0.4) is 0 Å². The summed E-state index contributed by atoms with van der Waals surface area (Å²) in [5.41, 5.74) is 2.90. The van der Waals surface area contributed by atoms with Gasteiger partial charge in [0.2, 0.25) is 11.8 Å². The first-order chi connectivity index (χ1) is 16.6. The Labute approximate surface area is 201 Å². The number of nitrogens with zero attached hydrogens (tertiary/aromatic N) is 2. The molecule has 34 heavy (non-hydrogen) atoms. The number of nitrogens with one attached hydrogen (secondary N) is 1. The second kappa shape index (κ2) is 11.4. The van der Waals surface area contributed by atoms with Gasteiger partial charge in [0.15, 0.2) is 5.75 Å². The maximum Gasteiger partial charge on any atom is 0.242 e. The van der Waals surface area contributed by atoms with Crippen molar-refractivity contribution in [1.82, 2.24) is 10.2 Å². The van der Waals surface area contributed by atoms with Crippen LogP contribution in [0.15, 0.2) is 78.9 Å². The molecule has 3 aromatic rings. The molecule has 3 aromatic carbocycles. The fourth-order valence-electron chi connectivity index (χ4n) is 4.13. The monoisotopic (exact) mass is 457 g/mol. The van der Waals surface area contributed by atoms with Gasteiger partial charge in [-0.3, -0.25) is 9.59 Å². The summed E-state index contributed by atoms with van der Waals surface area (Å²) >= 11 is 0. The van der Waals surface area contributed by atoms with E-state index in [2.05, 4.69) is 11.4 Å². The molecule has 1 saturated heterocycles. The Hall–Kier alpha value is -3.80.